The zero-order valence-corrected chi connectivity index (χ0v) is 15.5. The molecule has 3 heterocycles. The minimum Gasteiger partial charge on any atom is -0.465 e. The molecule has 0 atom stereocenters. The maximum absolute atomic E-state index is 13.3. The van der Waals surface area contributed by atoms with E-state index in [2.05, 4.69) is 19.7 Å². The first-order valence-corrected chi connectivity index (χ1v) is 8.69. The number of pyridine rings is 1. The van der Waals surface area contributed by atoms with Gasteiger partial charge in [0.25, 0.3) is 0 Å². The van der Waals surface area contributed by atoms with Crippen LogP contribution in [0.5, 0.6) is 0 Å². The first-order valence-electron chi connectivity index (χ1n) is 8.69. The van der Waals surface area contributed by atoms with Gasteiger partial charge in [-0.3, -0.25) is 4.79 Å². The number of halogens is 3. The number of anilines is 2. The standard InChI is InChI=1S/C20H13F3N4O3/c1-30-18(29)14-9-11(3-4-15(14)20(21,22)23)12-5-8-24-17-13(12)10-16(28)27(17)19-25-6-2-7-26-19/h2-9H,10H2,1H3. The molecule has 0 radical (unpaired) electrons. The predicted octanol–water partition coefficient (Wildman–Crippen LogP) is 3.56. The van der Waals surface area contributed by atoms with Crippen molar-refractivity contribution in [3.8, 4) is 11.1 Å². The first-order chi connectivity index (χ1) is 14.3. The quantitative estimate of drug-likeness (QED) is 0.610. The number of methoxy groups -OCH3 is 1. The molecule has 152 valence electrons. The Morgan fingerprint density at radius 3 is 2.50 bits per heavy atom. The van der Waals surface area contributed by atoms with E-state index >= 15 is 0 Å². The molecule has 30 heavy (non-hydrogen) atoms. The van der Waals surface area contributed by atoms with E-state index in [4.69, 9.17) is 0 Å². The van der Waals surface area contributed by atoms with Gasteiger partial charge in [0, 0.05) is 24.2 Å². The molecule has 1 aliphatic rings. The van der Waals surface area contributed by atoms with E-state index < -0.39 is 23.3 Å². The smallest absolute Gasteiger partial charge is 0.417 e. The third-order valence-electron chi connectivity index (χ3n) is 4.62. The van der Waals surface area contributed by atoms with Crippen LogP contribution >= 0.6 is 0 Å². The molecule has 1 amide bonds. The molecule has 10 heteroatoms. The number of benzene rings is 1. The highest BCUT2D eigenvalue weighted by molar-refractivity contribution is 6.07. The number of aromatic nitrogens is 3. The molecule has 0 spiro atoms. The zero-order chi connectivity index (χ0) is 21.5. The largest absolute Gasteiger partial charge is 0.465 e. The number of amides is 1. The molecule has 7 nitrogen and oxygen atoms in total. The molecule has 0 aliphatic carbocycles. The summed E-state index contributed by atoms with van der Waals surface area (Å²) in [7, 11) is 1.01. The Hall–Kier alpha value is -3.82. The maximum Gasteiger partial charge on any atom is 0.417 e. The minimum absolute atomic E-state index is 0.0364. The van der Waals surface area contributed by atoms with Gasteiger partial charge >= 0.3 is 12.1 Å². The zero-order valence-electron chi connectivity index (χ0n) is 15.5. The molecule has 0 unspecified atom stereocenters. The molecule has 4 rings (SSSR count). The first kappa shape index (κ1) is 19.5. The summed E-state index contributed by atoms with van der Waals surface area (Å²) in [6.45, 7) is 0. The van der Waals surface area contributed by atoms with Crippen molar-refractivity contribution in [3.63, 3.8) is 0 Å². The van der Waals surface area contributed by atoms with E-state index in [1.165, 1.54) is 29.6 Å². The molecule has 1 aromatic carbocycles. The van der Waals surface area contributed by atoms with E-state index in [9.17, 15) is 22.8 Å². The van der Waals surface area contributed by atoms with Crippen molar-refractivity contribution in [2.45, 2.75) is 12.6 Å². The van der Waals surface area contributed by atoms with Crippen molar-refractivity contribution < 1.29 is 27.5 Å². The average molecular weight is 414 g/mol. The summed E-state index contributed by atoms with van der Waals surface area (Å²) in [6, 6.07) is 6.35. The number of hydrogen-bond acceptors (Lipinski definition) is 6. The fraction of sp³-hybridized carbons (Fsp3) is 0.150. The SMILES string of the molecule is COC(=O)c1cc(-c2ccnc3c2CC(=O)N3c2ncccn2)ccc1C(F)(F)F. The van der Waals surface area contributed by atoms with Gasteiger partial charge in [-0.25, -0.2) is 24.6 Å². The molecule has 0 bridgehead atoms. The number of nitrogens with zero attached hydrogens (tertiary/aromatic N) is 4. The number of esters is 1. The normalized spacial score (nSPS) is 13.3. The molecule has 3 aromatic rings. The lowest BCUT2D eigenvalue weighted by Gasteiger charge is -2.15. The summed E-state index contributed by atoms with van der Waals surface area (Å²) >= 11 is 0. The van der Waals surface area contributed by atoms with Crippen LogP contribution in [0.15, 0.2) is 48.9 Å². The number of fused-ring (bicyclic) bond motifs is 1. The Morgan fingerprint density at radius 2 is 1.83 bits per heavy atom. The molecule has 1 aliphatic heterocycles. The Kier molecular flexibility index (Phi) is 4.69. The van der Waals surface area contributed by atoms with Crippen LogP contribution in [0.3, 0.4) is 0 Å². The lowest BCUT2D eigenvalue weighted by Crippen LogP contribution is -2.23. The van der Waals surface area contributed by atoms with Crippen LogP contribution in [0.4, 0.5) is 24.9 Å². The lowest BCUT2D eigenvalue weighted by molar-refractivity contribution is -0.138. The Morgan fingerprint density at radius 1 is 1.10 bits per heavy atom. The third-order valence-corrected chi connectivity index (χ3v) is 4.62. The van der Waals surface area contributed by atoms with Gasteiger partial charge in [-0.1, -0.05) is 6.07 Å². The molecule has 0 N–H and O–H groups in total. The number of carbonyl (C=O) groups is 2. The Balaban J connectivity index is 1.85. The summed E-state index contributed by atoms with van der Waals surface area (Å²) in [5, 5.41) is 0. The molecule has 0 saturated carbocycles. The van der Waals surface area contributed by atoms with Crippen LogP contribution in [-0.2, 0) is 22.1 Å². The highest BCUT2D eigenvalue weighted by Gasteiger charge is 2.37. The summed E-state index contributed by atoms with van der Waals surface area (Å²) in [4.78, 5) is 38.2. The van der Waals surface area contributed by atoms with Gasteiger partial charge in [0.05, 0.1) is 24.7 Å². The topological polar surface area (TPSA) is 85.3 Å². The molecular formula is C20H13F3N4O3. The molecule has 0 fully saturated rings. The molecular weight excluding hydrogens is 401 g/mol. The van der Waals surface area contributed by atoms with Gasteiger partial charge in [-0.15, -0.1) is 0 Å². The number of ether oxygens (including phenoxy) is 1. The second-order valence-corrected chi connectivity index (χ2v) is 6.37. The second kappa shape index (κ2) is 7.21. The summed E-state index contributed by atoms with van der Waals surface area (Å²) in [5.74, 6) is -0.988. The van der Waals surface area contributed by atoms with Crippen LogP contribution in [-0.4, -0.2) is 33.9 Å². The number of carbonyl (C=O) groups excluding carboxylic acids is 2. The van der Waals surface area contributed by atoms with E-state index in [0.717, 1.165) is 19.2 Å². The van der Waals surface area contributed by atoms with E-state index in [-0.39, 0.29) is 18.3 Å². The van der Waals surface area contributed by atoms with Crippen LogP contribution in [0.25, 0.3) is 11.1 Å². The van der Waals surface area contributed by atoms with Crippen molar-refractivity contribution in [2.75, 3.05) is 12.0 Å². The Bertz CT molecular complexity index is 1150. The number of alkyl halides is 3. The van der Waals surface area contributed by atoms with Crippen molar-refractivity contribution in [2.24, 2.45) is 0 Å². The van der Waals surface area contributed by atoms with Crippen LogP contribution < -0.4 is 4.90 Å². The van der Waals surface area contributed by atoms with Gasteiger partial charge < -0.3 is 4.74 Å². The van der Waals surface area contributed by atoms with Crippen molar-refractivity contribution in [1.29, 1.82) is 0 Å². The summed E-state index contributed by atoms with van der Waals surface area (Å²) in [5.41, 5.74) is -0.401. The van der Waals surface area contributed by atoms with Crippen LogP contribution in [0.1, 0.15) is 21.5 Å². The average Bonchev–Trinajstić information content (AvgIpc) is 3.08. The third kappa shape index (κ3) is 3.25. The van der Waals surface area contributed by atoms with Gasteiger partial charge in [0.2, 0.25) is 11.9 Å². The number of rotatable bonds is 3. The predicted molar refractivity (Wildman–Crippen MR) is 98.9 cm³/mol. The Labute approximate surface area is 168 Å². The van der Waals surface area contributed by atoms with Crippen molar-refractivity contribution in [1.82, 2.24) is 15.0 Å². The highest BCUT2D eigenvalue weighted by atomic mass is 19.4. The monoisotopic (exact) mass is 414 g/mol. The lowest BCUT2D eigenvalue weighted by atomic mass is 9.95. The van der Waals surface area contributed by atoms with Gasteiger partial charge in [0.1, 0.15) is 5.82 Å². The summed E-state index contributed by atoms with van der Waals surface area (Å²) in [6.07, 6.45) is -0.366. The van der Waals surface area contributed by atoms with E-state index in [1.807, 2.05) is 0 Å². The fourth-order valence-electron chi connectivity index (χ4n) is 3.32. The molecule has 2 aromatic heterocycles. The van der Waals surface area contributed by atoms with Crippen molar-refractivity contribution >= 4 is 23.6 Å². The fourth-order valence-corrected chi connectivity index (χ4v) is 3.32. The van der Waals surface area contributed by atoms with Gasteiger partial charge in [-0.2, -0.15) is 13.2 Å². The van der Waals surface area contributed by atoms with E-state index in [1.54, 1.807) is 12.1 Å². The second-order valence-electron chi connectivity index (χ2n) is 6.37. The number of hydrogen-bond donors (Lipinski definition) is 0. The van der Waals surface area contributed by atoms with Gasteiger partial charge in [0.15, 0.2) is 0 Å². The van der Waals surface area contributed by atoms with E-state index in [0.29, 0.717) is 22.5 Å². The van der Waals surface area contributed by atoms with Gasteiger partial charge in [-0.05, 0) is 35.4 Å². The summed E-state index contributed by atoms with van der Waals surface area (Å²) < 4.78 is 44.4. The van der Waals surface area contributed by atoms with Crippen LogP contribution in [0, 0.1) is 0 Å². The highest BCUT2D eigenvalue weighted by Crippen LogP contribution is 2.40. The minimum atomic E-state index is -4.72. The molecule has 0 saturated heterocycles. The maximum atomic E-state index is 13.3. The van der Waals surface area contributed by atoms with Crippen LogP contribution in [0.2, 0.25) is 0 Å². The van der Waals surface area contributed by atoms with Crippen molar-refractivity contribution in [3.05, 3.63) is 65.6 Å².